The highest BCUT2D eigenvalue weighted by Crippen LogP contribution is 2.43. The Morgan fingerprint density at radius 3 is 2.42 bits per heavy atom. The molecule has 0 bridgehead atoms. The molecule has 4 nitrogen and oxygen atoms in total. The van der Waals surface area contributed by atoms with Crippen LogP contribution in [0.1, 0.15) is 29.5 Å². The average molecular weight is 332 g/mol. The molecule has 1 saturated carbocycles. The second-order valence-corrected chi connectivity index (χ2v) is 5.85. The van der Waals surface area contributed by atoms with Crippen molar-refractivity contribution in [2.75, 3.05) is 6.61 Å². The predicted octanol–water partition coefficient (Wildman–Crippen LogP) is 2.85. The molecule has 1 aliphatic carbocycles. The maximum atomic E-state index is 13.7. The maximum Gasteiger partial charge on any atom is 0.315 e. The lowest BCUT2D eigenvalue weighted by atomic mass is 10.1. The highest BCUT2D eigenvalue weighted by Gasteiger charge is 2.42. The van der Waals surface area contributed by atoms with E-state index in [1.165, 1.54) is 18.2 Å². The summed E-state index contributed by atoms with van der Waals surface area (Å²) in [5.41, 5.74) is 0.798. The predicted molar refractivity (Wildman–Crippen MR) is 85.4 cm³/mol. The molecule has 2 aromatic rings. The van der Waals surface area contributed by atoms with Gasteiger partial charge in [0.05, 0.1) is 12.6 Å². The smallest absolute Gasteiger partial charge is 0.315 e. The molecule has 0 unspecified atom stereocenters. The normalized spacial score (nSPS) is 20.3. The first kappa shape index (κ1) is 16.4. The minimum atomic E-state index is -0.595. The molecular weight excluding hydrogens is 314 g/mol. The van der Waals surface area contributed by atoms with Gasteiger partial charge in [0.2, 0.25) is 0 Å². The first-order valence-corrected chi connectivity index (χ1v) is 7.77. The van der Waals surface area contributed by atoms with E-state index in [1.54, 1.807) is 12.1 Å². The van der Waals surface area contributed by atoms with Gasteiger partial charge in [-0.2, -0.15) is 0 Å². The molecule has 2 aromatic carbocycles. The van der Waals surface area contributed by atoms with Crippen molar-refractivity contribution >= 4 is 6.03 Å². The highest BCUT2D eigenvalue weighted by molar-refractivity contribution is 5.75. The van der Waals surface area contributed by atoms with Gasteiger partial charge in [-0.25, -0.2) is 13.6 Å². The summed E-state index contributed by atoms with van der Waals surface area (Å²) in [5.74, 6) is -1.55. The van der Waals surface area contributed by atoms with Gasteiger partial charge in [0, 0.05) is 17.5 Å². The molecule has 0 spiro atoms. The molecule has 24 heavy (non-hydrogen) atoms. The molecule has 6 heteroatoms. The molecule has 3 atom stereocenters. The van der Waals surface area contributed by atoms with Crippen LogP contribution in [0.25, 0.3) is 0 Å². The molecule has 0 heterocycles. The van der Waals surface area contributed by atoms with Crippen LogP contribution in [0, 0.1) is 11.6 Å². The summed E-state index contributed by atoms with van der Waals surface area (Å²) in [4.78, 5) is 12.1. The van der Waals surface area contributed by atoms with Crippen LogP contribution in [0.5, 0.6) is 0 Å². The van der Waals surface area contributed by atoms with Gasteiger partial charge in [-0.05, 0) is 24.1 Å². The number of rotatable bonds is 5. The van der Waals surface area contributed by atoms with Crippen molar-refractivity contribution in [1.82, 2.24) is 10.6 Å². The van der Waals surface area contributed by atoms with Gasteiger partial charge in [0.25, 0.3) is 0 Å². The van der Waals surface area contributed by atoms with Crippen LogP contribution >= 0.6 is 0 Å². The zero-order valence-electron chi connectivity index (χ0n) is 12.9. The second kappa shape index (κ2) is 6.97. The first-order chi connectivity index (χ1) is 11.6. The standard InChI is InChI=1S/C18H18F2N2O2/c19-13-7-4-8-14(20)17(13)12-9-15(12)21-18(24)22-16(10-23)11-5-2-1-3-6-11/h1-8,12,15-16,23H,9-10H2,(H2,21,22,24)/t12-,15-,16-/m1/s1. The Morgan fingerprint density at radius 1 is 1.12 bits per heavy atom. The molecule has 3 rings (SSSR count). The summed E-state index contributed by atoms with van der Waals surface area (Å²) in [6.45, 7) is -0.243. The minimum Gasteiger partial charge on any atom is -0.394 e. The second-order valence-electron chi connectivity index (χ2n) is 5.85. The number of aliphatic hydroxyl groups excluding tert-OH is 1. The number of amides is 2. The minimum absolute atomic E-state index is 0.0181. The van der Waals surface area contributed by atoms with Gasteiger partial charge in [0.1, 0.15) is 11.6 Å². The molecule has 0 aromatic heterocycles. The molecule has 126 valence electrons. The van der Waals surface area contributed by atoms with Crippen molar-refractivity contribution in [1.29, 1.82) is 0 Å². The summed E-state index contributed by atoms with van der Waals surface area (Å²) >= 11 is 0. The Morgan fingerprint density at radius 2 is 1.79 bits per heavy atom. The molecule has 0 aliphatic heterocycles. The number of halogens is 2. The van der Waals surface area contributed by atoms with E-state index in [0.29, 0.717) is 6.42 Å². The first-order valence-electron chi connectivity index (χ1n) is 7.77. The monoisotopic (exact) mass is 332 g/mol. The zero-order valence-corrected chi connectivity index (χ0v) is 12.9. The number of benzene rings is 2. The number of carbonyl (C=O) groups excluding carboxylic acids is 1. The van der Waals surface area contributed by atoms with Gasteiger partial charge in [-0.1, -0.05) is 36.4 Å². The van der Waals surface area contributed by atoms with Crippen molar-refractivity contribution in [3.63, 3.8) is 0 Å². The van der Waals surface area contributed by atoms with Crippen LogP contribution in [-0.2, 0) is 0 Å². The summed E-state index contributed by atoms with van der Waals surface area (Å²) in [6.07, 6.45) is 0.487. The lowest BCUT2D eigenvalue weighted by molar-refractivity contribution is 0.216. The summed E-state index contributed by atoms with van der Waals surface area (Å²) in [6, 6.07) is 11.5. The summed E-state index contributed by atoms with van der Waals surface area (Å²) in [5, 5.41) is 14.8. The average Bonchev–Trinajstić information content (AvgIpc) is 3.31. The van der Waals surface area contributed by atoms with Gasteiger partial charge in [-0.3, -0.25) is 0 Å². The zero-order chi connectivity index (χ0) is 17.1. The van der Waals surface area contributed by atoms with Gasteiger partial charge in [0.15, 0.2) is 0 Å². The maximum absolute atomic E-state index is 13.7. The molecule has 1 aliphatic rings. The fourth-order valence-corrected chi connectivity index (χ4v) is 2.83. The Bertz CT molecular complexity index is 704. The fourth-order valence-electron chi connectivity index (χ4n) is 2.83. The van der Waals surface area contributed by atoms with Crippen LogP contribution in [0.4, 0.5) is 13.6 Å². The number of urea groups is 1. The van der Waals surface area contributed by atoms with Crippen LogP contribution in [0.2, 0.25) is 0 Å². The summed E-state index contributed by atoms with van der Waals surface area (Å²) < 4.78 is 27.5. The van der Waals surface area contributed by atoms with E-state index in [9.17, 15) is 18.7 Å². The lowest BCUT2D eigenvalue weighted by Crippen LogP contribution is -2.40. The topological polar surface area (TPSA) is 61.4 Å². The van der Waals surface area contributed by atoms with E-state index in [0.717, 1.165) is 5.56 Å². The Labute approximate surface area is 138 Å². The van der Waals surface area contributed by atoms with Gasteiger partial charge >= 0.3 is 6.03 Å². The number of aliphatic hydroxyl groups is 1. The van der Waals surface area contributed by atoms with Gasteiger partial charge in [-0.15, -0.1) is 0 Å². The quantitative estimate of drug-likeness (QED) is 0.788. The van der Waals surface area contributed by atoms with E-state index >= 15 is 0 Å². The van der Waals surface area contributed by atoms with E-state index in [2.05, 4.69) is 10.6 Å². The van der Waals surface area contributed by atoms with E-state index in [1.807, 2.05) is 18.2 Å². The number of hydrogen-bond donors (Lipinski definition) is 3. The van der Waals surface area contributed by atoms with E-state index < -0.39 is 23.7 Å². The van der Waals surface area contributed by atoms with Crippen molar-refractivity contribution in [3.05, 3.63) is 71.3 Å². The van der Waals surface area contributed by atoms with Crippen LogP contribution in [0.3, 0.4) is 0 Å². The Hall–Kier alpha value is -2.47. The largest absolute Gasteiger partial charge is 0.394 e. The van der Waals surface area contributed by atoms with Crippen LogP contribution < -0.4 is 10.6 Å². The van der Waals surface area contributed by atoms with E-state index in [4.69, 9.17) is 0 Å². The number of nitrogens with one attached hydrogen (secondary N) is 2. The number of carbonyl (C=O) groups is 1. The van der Waals surface area contributed by atoms with Crippen molar-refractivity contribution in [3.8, 4) is 0 Å². The van der Waals surface area contributed by atoms with Crippen LogP contribution in [-0.4, -0.2) is 23.8 Å². The third kappa shape index (κ3) is 3.54. The molecule has 0 radical (unpaired) electrons. The lowest BCUT2D eigenvalue weighted by Gasteiger charge is -2.17. The number of hydrogen-bond acceptors (Lipinski definition) is 2. The third-order valence-corrected chi connectivity index (χ3v) is 4.17. The Balaban J connectivity index is 1.59. The fraction of sp³-hybridized carbons (Fsp3) is 0.278. The van der Waals surface area contributed by atoms with Crippen molar-refractivity contribution in [2.45, 2.75) is 24.4 Å². The van der Waals surface area contributed by atoms with Crippen molar-refractivity contribution in [2.24, 2.45) is 0 Å². The molecule has 1 fully saturated rings. The molecule has 0 saturated heterocycles. The van der Waals surface area contributed by atoms with E-state index in [-0.39, 0.29) is 24.1 Å². The third-order valence-electron chi connectivity index (χ3n) is 4.17. The molecular formula is C18H18F2N2O2. The molecule has 2 amide bonds. The Kier molecular flexibility index (Phi) is 4.76. The summed E-state index contributed by atoms with van der Waals surface area (Å²) in [7, 11) is 0. The van der Waals surface area contributed by atoms with Gasteiger partial charge < -0.3 is 15.7 Å². The highest BCUT2D eigenvalue weighted by atomic mass is 19.1. The van der Waals surface area contributed by atoms with Crippen molar-refractivity contribution < 1.29 is 18.7 Å². The molecule has 3 N–H and O–H groups in total. The SMILES string of the molecule is O=C(N[C@H](CO)c1ccccc1)N[C@@H]1C[C@H]1c1c(F)cccc1F. The van der Waals surface area contributed by atoms with Crippen LogP contribution in [0.15, 0.2) is 48.5 Å².